The molecule has 0 radical (unpaired) electrons. The topological polar surface area (TPSA) is 159 Å². The highest BCUT2D eigenvalue weighted by Crippen LogP contribution is 2.35. The van der Waals surface area contributed by atoms with Crippen LogP contribution in [0.3, 0.4) is 0 Å². The maximum Gasteiger partial charge on any atom is 0.177 e. The SMILES string of the molecule is CC(C)(O)CNc1cc(-c2ccc(F)cc2)nn2c(-c3ccc(C(=O)CC4CC4)cc3)cnc12.CC(C)(O)CNc1cc(Cl)nn2c(-c3ccc(C(=O)CC4CC4)cc3)cnc12. The van der Waals surface area contributed by atoms with Gasteiger partial charge in [0.15, 0.2) is 28.0 Å². The molecule has 2 fully saturated rings. The minimum absolute atomic E-state index is 0.182. The lowest BCUT2D eigenvalue weighted by molar-refractivity contribution is 0.0939. The summed E-state index contributed by atoms with van der Waals surface area (Å²) in [6.45, 7) is 7.56. The number of nitrogens with zero attached hydrogens (tertiary/aromatic N) is 6. The minimum atomic E-state index is -0.922. The van der Waals surface area contributed by atoms with E-state index in [1.54, 1.807) is 67.3 Å². The molecule has 320 valence electrons. The van der Waals surface area contributed by atoms with Crippen LogP contribution in [0.2, 0.25) is 5.15 Å². The van der Waals surface area contributed by atoms with Crippen LogP contribution in [0.4, 0.5) is 15.8 Å². The van der Waals surface area contributed by atoms with E-state index in [1.165, 1.54) is 25.0 Å². The molecule has 2 saturated carbocycles. The molecule has 2 aliphatic rings. The van der Waals surface area contributed by atoms with Crippen molar-refractivity contribution in [3.63, 3.8) is 0 Å². The monoisotopic (exact) mass is 856 g/mol. The second-order valence-electron chi connectivity index (χ2n) is 17.7. The van der Waals surface area contributed by atoms with Crippen molar-refractivity contribution >= 4 is 45.8 Å². The maximum atomic E-state index is 13.5. The highest BCUT2D eigenvalue weighted by Gasteiger charge is 2.26. The Hall–Kier alpha value is -6.02. The number of carbonyl (C=O) groups excluding carboxylic acids is 2. The molecule has 0 saturated heterocycles. The van der Waals surface area contributed by atoms with Crippen LogP contribution in [0.15, 0.2) is 97.3 Å². The number of hydrogen-bond donors (Lipinski definition) is 4. The zero-order valence-electron chi connectivity index (χ0n) is 35.2. The number of aromatic nitrogens is 6. The number of imidazole rings is 2. The molecule has 62 heavy (non-hydrogen) atoms. The first kappa shape index (κ1) is 42.7. The first-order chi connectivity index (χ1) is 29.6. The molecular formula is C48H50ClFN8O4. The van der Waals surface area contributed by atoms with Crippen molar-refractivity contribution < 1.29 is 24.2 Å². The Labute approximate surface area is 364 Å². The molecule has 2 aliphatic carbocycles. The van der Waals surface area contributed by atoms with Crippen molar-refractivity contribution in [1.82, 2.24) is 29.2 Å². The van der Waals surface area contributed by atoms with Crippen LogP contribution in [-0.4, -0.2) is 75.3 Å². The van der Waals surface area contributed by atoms with Crippen LogP contribution in [0, 0.1) is 17.7 Å². The van der Waals surface area contributed by atoms with E-state index in [4.69, 9.17) is 16.7 Å². The van der Waals surface area contributed by atoms with Gasteiger partial charge in [0.1, 0.15) is 5.82 Å². The molecule has 0 amide bonds. The second kappa shape index (κ2) is 17.4. The van der Waals surface area contributed by atoms with Crippen LogP contribution >= 0.6 is 11.6 Å². The van der Waals surface area contributed by atoms with E-state index in [0.717, 1.165) is 52.0 Å². The summed E-state index contributed by atoms with van der Waals surface area (Å²) >= 11 is 6.20. The van der Waals surface area contributed by atoms with Crippen LogP contribution < -0.4 is 10.6 Å². The number of benzene rings is 3. The third kappa shape index (κ3) is 10.5. The Balaban J connectivity index is 0.000000174. The van der Waals surface area contributed by atoms with E-state index in [9.17, 15) is 24.2 Å². The van der Waals surface area contributed by atoms with Gasteiger partial charge in [0.05, 0.1) is 52.1 Å². The van der Waals surface area contributed by atoms with Crippen LogP contribution in [-0.2, 0) is 0 Å². The van der Waals surface area contributed by atoms with E-state index >= 15 is 0 Å². The summed E-state index contributed by atoms with van der Waals surface area (Å²) in [4.78, 5) is 33.8. The molecular weight excluding hydrogens is 807 g/mol. The summed E-state index contributed by atoms with van der Waals surface area (Å²) in [5.74, 6) is 1.19. The van der Waals surface area contributed by atoms with Crippen LogP contribution in [0.1, 0.15) is 86.9 Å². The predicted octanol–water partition coefficient (Wildman–Crippen LogP) is 9.58. The number of nitrogens with one attached hydrogen (secondary N) is 2. The first-order valence-electron chi connectivity index (χ1n) is 21.0. The van der Waals surface area contributed by atoms with Gasteiger partial charge >= 0.3 is 0 Å². The number of hydrogen-bond acceptors (Lipinski definition) is 10. The quantitative estimate of drug-likeness (QED) is 0.0732. The van der Waals surface area contributed by atoms with Gasteiger partial charge in [-0.25, -0.2) is 23.4 Å². The fraction of sp³-hybridized carbons (Fsp3) is 0.333. The Kier molecular flexibility index (Phi) is 12.0. The summed E-state index contributed by atoms with van der Waals surface area (Å²) in [7, 11) is 0. The van der Waals surface area contributed by atoms with Gasteiger partial charge in [-0.2, -0.15) is 10.2 Å². The lowest BCUT2D eigenvalue weighted by Crippen LogP contribution is -2.29. The number of carbonyl (C=O) groups is 2. The molecule has 7 aromatic rings. The number of rotatable bonds is 15. The molecule has 12 nitrogen and oxygen atoms in total. The van der Waals surface area contributed by atoms with E-state index in [-0.39, 0.29) is 17.4 Å². The Morgan fingerprint density at radius 1 is 0.661 bits per heavy atom. The van der Waals surface area contributed by atoms with Crippen molar-refractivity contribution in [2.75, 3.05) is 23.7 Å². The fourth-order valence-electron chi connectivity index (χ4n) is 7.00. The minimum Gasteiger partial charge on any atom is -0.389 e. The lowest BCUT2D eigenvalue weighted by Gasteiger charge is -2.19. The van der Waals surface area contributed by atoms with E-state index in [1.807, 2.05) is 54.6 Å². The predicted molar refractivity (Wildman–Crippen MR) is 240 cm³/mol. The van der Waals surface area contributed by atoms with Gasteiger partial charge in [-0.15, -0.1) is 0 Å². The highest BCUT2D eigenvalue weighted by molar-refractivity contribution is 6.29. The lowest BCUT2D eigenvalue weighted by atomic mass is 10.0. The summed E-state index contributed by atoms with van der Waals surface area (Å²) in [6, 6.07) is 24.8. The average molecular weight is 857 g/mol. The third-order valence-corrected chi connectivity index (χ3v) is 11.0. The summed E-state index contributed by atoms with van der Waals surface area (Å²) in [6.07, 6.45) is 9.37. The summed E-state index contributed by atoms with van der Waals surface area (Å²) in [5, 5.41) is 36.1. The zero-order valence-corrected chi connectivity index (χ0v) is 36.0. The van der Waals surface area contributed by atoms with E-state index in [2.05, 4.69) is 25.7 Å². The number of Topliss-reactive ketones (excluding diaryl/α,β-unsaturated/α-hetero) is 2. The highest BCUT2D eigenvalue weighted by atomic mass is 35.5. The summed E-state index contributed by atoms with van der Waals surface area (Å²) < 4.78 is 16.9. The Morgan fingerprint density at radius 3 is 1.52 bits per heavy atom. The zero-order chi connectivity index (χ0) is 43.8. The Bertz CT molecular complexity index is 2730. The van der Waals surface area contributed by atoms with E-state index < -0.39 is 11.2 Å². The van der Waals surface area contributed by atoms with E-state index in [0.29, 0.717) is 71.3 Å². The molecule has 0 atom stereocenters. The normalized spacial score (nSPS) is 14.1. The standard InChI is InChI=1S/C27H27FN4O2.C21H23ClN4O2/c1-27(2,34)16-30-23-14-22(18-9-11-21(28)12-10-18)31-32-24(15-29-26(23)32)19-5-7-20(8-6-19)25(33)13-17-3-4-17;1-21(2,28)12-24-16-10-19(22)25-26-17(11-23-20(16)26)14-5-7-15(8-6-14)18(27)9-13-3-4-13/h5-12,14-15,17,30,34H,3-4,13,16H2,1-2H3;5-8,10-11,13,24,28H,3-4,9,12H2,1-2H3. The molecule has 9 rings (SSSR count). The van der Waals surface area contributed by atoms with Gasteiger partial charge in [0.2, 0.25) is 0 Å². The van der Waals surface area contributed by atoms with Gasteiger partial charge in [-0.1, -0.05) is 60.1 Å². The van der Waals surface area contributed by atoms with Gasteiger partial charge in [-0.3, -0.25) is 9.59 Å². The van der Waals surface area contributed by atoms with Crippen molar-refractivity contribution in [3.8, 4) is 33.8 Å². The van der Waals surface area contributed by atoms with Crippen molar-refractivity contribution in [2.24, 2.45) is 11.8 Å². The summed E-state index contributed by atoms with van der Waals surface area (Å²) in [5.41, 5.74) is 7.04. The van der Waals surface area contributed by atoms with Gasteiger partial charge in [0, 0.05) is 59.8 Å². The molecule has 4 heterocycles. The number of anilines is 2. The van der Waals surface area contributed by atoms with Gasteiger partial charge in [-0.05, 0) is 95.5 Å². The molecule has 14 heteroatoms. The third-order valence-electron chi connectivity index (χ3n) is 10.8. The number of aliphatic hydroxyl groups is 2. The number of fused-ring (bicyclic) bond motifs is 2. The van der Waals surface area contributed by atoms with Gasteiger partial charge in [0.25, 0.3) is 0 Å². The molecule has 0 aliphatic heterocycles. The maximum absolute atomic E-state index is 13.5. The van der Waals surface area contributed by atoms with Crippen molar-refractivity contribution in [2.45, 2.75) is 77.4 Å². The van der Waals surface area contributed by atoms with Crippen molar-refractivity contribution in [1.29, 1.82) is 0 Å². The number of halogens is 2. The van der Waals surface area contributed by atoms with Crippen molar-refractivity contribution in [3.05, 3.63) is 119 Å². The smallest absolute Gasteiger partial charge is 0.177 e. The molecule has 0 spiro atoms. The second-order valence-corrected chi connectivity index (χ2v) is 18.1. The first-order valence-corrected chi connectivity index (χ1v) is 21.3. The average Bonchev–Trinajstić information content (AvgIpc) is 4.16. The molecule has 4 N–H and O–H groups in total. The van der Waals surface area contributed by atoms with Crippen LogP contribution in [0.25, 0.3) is 45.1 Å². The molecule has 4 aromatic heterocycles. The Morgan fingerprint density at radius 2 is 1.08 bits per heavy atom. The largest absolute Gasteiger partial charge is 0.389 e. The number of ketones is 2. The van der Waals surface area contributed by atoms with Crippen LogP contribution in [0.5, 0.6) is 0 Å². The molecule has 3 aromatic carbocycles. The molecule has 0 bridgehead atoms. The molecule has 0 unspecified atom stereocenters. The van der Waals surface area contributed by atoms with Gasteiger partial charge < -0.3 is 20.8 Å². The fourth-order valence-corrected chi connectivity index (χ4v) is 7.19.